The normalized spacial score (nSPS) is 18.5. The minimum atomic E-state index is -0.999. The van der Waals surface area contributed by atoms with E-state index in [9.17, 15) is 14.7 Å². The van der Waals surface area contributed by atoms with Crippen molar-refractivity contribution in [3.63, 3.8) is 0 Å². The van der Waals surface area contributed by atoms with E-state index in [1.807, 2.05) is 44.2 Å². The summed E-state index contributed by atoms with van der Waals surface area (Å²) in [7, 11) is 0. The molecule has 2 aliphatic heterocycles. The Morgan fingerprint density at radius 2 is 1.93 bits per heavy atom. The van der Waals surface area contributed by atoms with E-state index in [-0.39, 0.29) is 29.2 Å². The maximum atomic E-state index is 13.8. The predicted octanol–water partition coefficient (Wildman–Crippen LogP) is 6.74. The van der Waals surface area contributed by atoms with Gasteiger partial charge in [0.15, 0.2) is 15.8 Å². The molecule has 3 heterocycles. The summed E-state index contributed by atoms with van der Waals surface area (Å²) in [4.78, 5) is 28.8. The Kier molecular flexibility index (Phi) is 8.90. The molecule has 0 saturated carbocycles. The third kappa shape index (κ3) is 6.18. The van der Waals surface area contributed by atoms with Crippen molar-refractivity contribution in [3.05, 3.63) is 107 Å². The highest BCUT2D eigenvalue weighted by molar-refractivity contribution is 8.00. The van der Waals surface area contributed by atoms with E-state index >= 15 is 0 Å². The van der Waals surface area contributed by atoms with Gasteiger partial charge in [-0.05, 0) is 60.9 Å². The molecule has 0 aliphatic carbocycles. The molecule has 0 radical (unpaired) electrons. The molecule has 1 amide bonds. The summed E-state index contributed by atoms with van der Waals surface area (Å²) in [6.07, 6.45) is 2.31. The molecule has 3 aromatic carbocycles. The van der Waals surface area contributed by atoms with Crippen LogP contribution in [-0.2, 0) is 21.8 Å². The molecular formula is C34H31N3O6S2. The molecule has 2 aliphatic rings. The lowest BCUT2D eigenvalue weighted by Crippen LogP contribution is -2.29. The Bertz CT molecular complexity index is 1790. The quantitative estimate of drug-likeness (QED) is 0.0475. The lowest BCUT2D eigenvalue weighted by Gasteiger charge is -2.23. The standard InChI is InChI=1S/C34H31N3O6S2/c1-4-15-42-26-14-11-22(18-27(26)41-5-2)29-28(30(38)23-12-13-25-24(17-23)16-20(3)43-25)31(39)32(40)37(29)33-35-36-34(45-33)44-19-21-9-7-6-8-10-21/h4,6-14,17-18,20,29,38H,1,5,15-16,19H2,2-3H3/t20-,29+/m0/s1. The van der Waals surface area contributed by atoms with E-state index in [4.69, 9.17) is 14.2 Å². The van der Waals surface area contributed by atoms with Gasteiger partial charge >= 0.3 is 5.91 Å². The highest BCUT2D eigenvalue weighted by Crippen LogP contribution is 2.46. The van der Waals surface area contributed by atoms with E-state index < -0.39 is 17.7 Å². The molecule has 6 rings (SSSR count). The van der Waals surface area contributed by atoms with Gasteiger partial charge < -0.3 is 19.3 Å². The SMILES string of the molecule is C=CCOc1ccc([C@@H]2C(=C(O)c3ccc4c(c3)C[C@H](C)O4)C(=O)C(=O)N2c2nnc(SCc3ccccc3)s2)cc1OCC. The summed E-state index contributed by atoms with van der Waals surface area (Å²) in [6.45, 7) is 8.16. The van der Waals surface area contributed by atoms with Crippen LogP contribution in [-0.4, -0.2) is 46.3 Å². The van der Waals surface area contributed by atoms with E-state index in [1.54, 1.807) is 42.5 Å². The summed E-state index contributed by atoms with van der Waals surface area (Å²) in [5.74, 6) is 0.422. The molecule has 0 unspecified atom stereocenters. The topological polar surface area (TPSA) is 111 Å². The van der Waals surface area contributed by atoms with Crippen molar-refractivity contribution in [2.24, 2.45) is 0 Å². The molecule has 45 heavy (non-hydrogen) atoms. The predicted molar refractivity (Wildman–Crippen MR) is 174 cm³/mol. The van der Waals surface area contributed by atoms with Gasteiger partial charge in [0.1, 0.15) is 24.2 Å². The first-order valence-electron chi connectivity index (χ1n) is 14.5. The van der Waals surface area contributed by atoms with Gasteiger partial charge in [-0.25, -0.2) is 0 Å². The summed E-state index contributed by atoms with van der Waals surface area (Å²) in [5.41, 5.74) is 2.95. The van der Waals surface area contributed by atoms with Gasteiger partial charge in [-0.1, -0.05) is 72.2 Å². The Balaban J connectivity index is 1.43. The number of fused-ring (bicyclic) bond motifs is 1. The summed E-state index contributed by atoms with van der Waals surface area (Å²) < 4.78 is 18.1. The largest absolute Gasteiger partial charge is 0.507 e. The average Bonchev–Trinajstić information content (AvgIpc) is 3.74. The van der Waals surface area contributed by atoms with E-state index in [0.29, 0.717) is 45.7 Å². The Labute approximate surface area is 269 Å². The fraction of sp³-hybridized carbons (Fsp3) is 0.235. The zero-order valence-electron chi connectivity index (χ0n) is 24.8. The van der Waals surface area contributed by atoms with Crippen LogP contribution in [0.25, 0.3) is 5.76 Å². The summed E-state index contributed by atoms with van der Waals surface area (Å²) in [5, 5.41) is 20.6. The first-order chi connectivity index (χ1) is 21.9. The van der Waals surface area contributed by atoms with E-state index in [1.165, 1.54) is 28.0 Å². The Morgan fingerprint density at radius 1 is 1.11 bits per heavy atom. The number of aliphatic hydroxyl groups is 1. The number of thioether (sulfide) groups is 1. The minimum Gasteiger partial charge on any atom is -0.507 e. The molecule has 0 bridgehead atoms. The van der Waals surface area contributed by atoms with Gasteiger partial charge in [-0.2, -0.15) is 0 Å². The first-order valence-corrected chi connectivity index (χ1v) is 16.3. The number of benzene rings is 3. The zero-order valence-corrected chi connectivity index (χ0v) is 26.4. The number of nitrogens with zero attached hydrogens (tertiary/aromatic N) is 3. The van der Waals surface area contributed by atoms with Gasteiger partial charge in [-0.3, -0.25) is 14.5 Å². The second-order valence-electron chi connectivity index (χ2n) is 10.5. The monoisotopic (exact) mass is 641 g/mol. The number of hydrogen-bond acceptors (Lipinski definition) is 10. The van der Waals surface area contributed by atoms with Crippen LogP contribution in [0.3, 0.4) is 0 Å². The molecule has 0 spiro atoms. The van der Waals surface area contributed by atoms with Crippen LogP contribution in [0.2, 0.25) is 0 Å². The van der Waals surface area contributed by atoms with Gasteiger partial charge in [0.25, 0.3) is 5.78 Å². The number of Topliss-reactive ketones (excluding diaryl/α,β-unsaturated/α-hetero) is 1. The lowest BCUT2D eigenvalue weighted by atomic mass is 9.94. The van der Waals surface area contributed by atoms with Crippen molar-refractivity contribution in [2.45, 2.75) is 42.5 Å². The first kappa shape index (κ1) is 30.4. The minimum absolute atomic E-state index is 0.00754. The van der Waals surface area contributed by atoms with E-state index in [0.717, 1.165) is 16.9 Å². The van der Waals surface area contributed by atoms with Crippen LogP contribution in [0.1, 0.15) is 42.1 Å². The molecular weight excluding hydrogens is 611 g/mol. The van der Waals surface area contributed by atoms with Crippen LogP contribution in [0.4, 0.5) is 5.13 Å². The molecule has 4 aromatic rings. The molecule has 2 atom stereocenters. The number of carbonyl (C=O) groups excluding carboxylic acids is 2. The van der Waals surface area contributed by atoms with Crippen molar-refractivity contribution in [1.29, 1.82) is 0 Å². The van der Waals surface area contributed by atoms with Gasteiger partial charge in [0.2, 0.25) is 5.13 Å². The number of anilines is 1. The molecule has 11 heteroatoms. The van der Waals surface area contributed by atoms with Crippen molar-refractivity contribution in [2.75, 3.05) is 18.1 Å². The number of hydrogen-bond donors (Lipinski definition) is 1. The van der Waals surface area contributed by atoms with Crippen molar-refractivity contribution in [1.82, 2.24) is 10.2 Å². The second kappa shape index (κ2) is 13.2. The smallest absolute Gasteiger partial charge is 0.301 e. The highest BCUT2D eigenvalue weighted by Gasteiger charge is 2.48. The fourth-order valence-corrected chi connectivity index (χ4v) is 7.20. The molecule has 230 valence electrons. The fourth-order valence-electron chi connectivity index (χ4n) is 5.38. The van der Waals surface area contributed by atoms with Crippen molar-refractivity contribution >= 4 is 45.7 Å². The van der Waals surface area contributed by atoms with Crippen molar-refractivity contribution in [3.8, 4) is 17.2 Å². The Morgan fingerprint density at radius 3 is 2.71 bits per heavy atom. The molecule has 1 aromatic heterocycles. The second-order valence-corrected chi connectivity index (χ2v) is 12.7. The molecule has 1 saturated heterocycles. The number of ketones is 1. The van der Waals surface area contributed by atoms with Gasteiger partial charge in [-0.15, -0.1) is 10.2 Å². The van der Waals surface area contributed by atoms with Crippen LogP contribution in [0.5, 0.6) is 17.2 Å². The van der Waals surface area contributed by atoms with Gasteiger partial charge in [0.05, 0.1) is 18.2 Å². The summed E-state index contributed by atoms with van der Waals surface area (Å²) in [6, 6.07) is 19.4. The molecule has 1 fully saturated rings. The van der Waals surface area contributed by atoms with Gasteiger partial charge in [0, 0.05) is 17.7 Å². The number of aliphatic hydroxyl groups excluding tert-OH is 1. The number of aromatic nitrogens is 2. The molecule has 9 nitrogen and oxygen atoms in total. The van der Waals surface area contributed by atoms with E-state index in [2.05, 4.69) is 16.8 Å². The van der Waals surface area contributed by atoms with Crippen LogP contribution < -0.4 is 19.1 Å². The summed E-state index contributed by atoms with van der Waals surface area (Å²) >= 11 is 2.70. The van der Waals surface area contributed by atoms with Crippen molar-refractivity contribution < 1.29 is 28.9 Å². The number of ether oxygens (including phenoxy) is 3. The maximum Gasteiger partial charge on any atom is 0.301 e. The number of amides is 1. The van der Waals surface area contributed by atoms with Crippen LogP contribution in [0.15, 0.2) is 89.3 Å². The lowest BCUT2D eigenvalue weighted by molar-refractivity contribution is -0.132. The zero-order chi connectivity index (χ0) is 31.5. The maximum absolute atomic E-state index is 13.8. The van der Waals surface area contributed by atoms with Crippen LogP contribution in [0, 0.1) is 0 Å². The Hall–Kier alpha value is -4.61. The highest BCUT2D eigenvalue weighted by atomic mass is 32.2. The molecule has 1 N–H and O–H groups in total. The average molecular weight is 642 g/mol. The third-order valence-electron chi connectivity index (χ3n) is 7.36. The number of carbonyl (C=O) groups is 2. The number of rotatable bonds is 11. The van der Waals surface area contributed by atoms with Crippen LogP contribution >= 0.6 is 23.1 Å². The third-order valence-corrected chi connectivity index (χ3v) is 9.49.